The smallest absolute Gasteiger partial charge is 0.316 e. The van der Waals surface area contributed by atoms with Gasteiger partial charge in [-0.15, -0.1) is 11.8 Å². The van der Waals surface area contributed by atoms with Gasteiger partial charge in [0.2, 0.25) is 5.91 Å². The summed E-state index contributed by atoms with van der Waals surface area (Å²) in [7, 11) is 0. The van der Waals surface area contributed by atoms with Crippen LogP contribution in [0, 0.1) is 0 Å². The van der Waals surface area contributed by atoms with E-state index in [1.807, 2.05) is 16.7 Å². The van der Waals surface area contributed by atoms with Crippen molar-refractivity contribution in [2.45, 2.75) is 43.5 Å². The number of halogens is 1. The number of nitrogens with zero attached hydrogens (tertiary/aromatic N) is 3. The van der Waals surface area contributed by atoms with Gasteiger partial charge in [-0.3, -0.25) is 4.79 Å². The number of ether oxygens (including phenoxy) is 1. The highest BCUT2D eigenvalue weighted by Gasteiger charge is 2.28. The first-order valence-electron chi connectivity index (χ1n) is 7.74. The maximum absolute atomic E-state index is 12.2. The van der Waals surface area contributed by atoms with E-state index in [0.717, 1.165) is 13.0 Å². The summed E-state index contributed by atoms with van der Waals surface area (Å²) in [5, 5.41) is 1.17. The standard InChI is InChI=1S/C15H20ClN3O2S/c16-11-7-17-15(18-8-11)21-12-5-6-19(9-12)14(20)10-22-13-3-1-2-4-13/h7-8,12-13H,1-6,9-10H2/t12-/m1/s1. The molecule has 1 amide bonds. The van der Waals surface area contributed by atoms with Crippen LogP contribution in [0.15, 0.2) is 12.4 Å². The first-order valence-corrected chi connectivity index (χ1v) is 9.17. The Bertz CT molecular complexity index is 508. The highest BCUT2D eigenvalue weighted by molar-refractivity contribution is 8.00. The largest absolute Gasteiger partial charge is 0.458 e. The van der Waals surface area contributed by atoms with Gasteiger partial charge in [-0.2, -0.15) is 0 Å². The first-order chi connectivity index (χ1) is 10.7. The SMILES string of the molecule is O=C(CSC1CCCC1)N1CC[C@@H](Oc2ncc(Cl)cn2)C1. The Morgan fingerprint density at radius 3 is 2.77 bits per heavy atom. The van der Waals surface area contributed by atoms with E-state index in [-0.39, 0.29) is 12.0 Å². The average Bonchev–Trinajstić information content (AvgIpc) is 3.19. The van der Waals surface area contributed by atoms with Crippen molar-refractivity contribution in [3.63, 3.8) is 0 Å². The molecule has 0 spiro atoms. The summed E-state index contributed by atoms with van der Waals surface area (Å²) >= 11 is 7.56. The van der Waals surface area contributed by atoms with E-state index in [1.54, 1.807) is 0 Å². The molecule has 1 aliphatic heterocycles. The zero-order valence-electron chi connectivity index (χ0n) is 12.4. The van der Waals surface area contributed by atoms with Gasteiger partial charge in [0.05, 0.1) is 29.7 Å². The monoisotopic (exact) mass is 341 g/mol. The van der Waals surface area contributed by atoms with Crippen LogP contribution in [0.5, 0.6) is 6.01 Å². The van der Waals surface area contributed by atoms with Crippen LogP contribution in [0.4, 0.5) is 0 Å². The molecule has 120 valence electrons. The Labute approximate surface area is 139 Å². The van der Waals surface area contributed by atoms with Gasteiger partial charge in [0.1, 0.15) is 6.10 Å². The van der Waals surface area contributed by atoms with Gasteiger partial charge in [0, 0.05) is 18.2 Å². The molecule has 1 saturated heterocycles. The Morgan fingerprint density at radius 2 is 2.05 bits per heavy atom. The molecule has 5 nitrogen and oxygen atoms in total. The molecule has 0 N–H and O–H groups in total. The minimum atomic E-state index is -0.0263. The van der Waals surface area contributed by atoms with E-state index in [9.17, 15) is 4.79 Å². The molecule has 1 atom stereocenters. The molecule has 2 aliphatic rings. The van der Waals surface area contributed by atoms with E-state index in [1.165, 1.54) is 38.1 Å². The highest BCUT2D eigenvalue weighted by atomic mass is 35.5. The van der Waals surface area contributed by atoms with Crippen LogP contribution in [0.25, 0.3) is 0 Å². The van der Waals surface area contributed by atoms with E-state index >= 15 is 0 Å². The summed E-state index contributed by atoms with van der Waals surface area (Å²) in [6.45, 7) is 1.37. The van der Waals surface area contributed by atoms with Crippen LogP contribution < -0.4 is 4.74 Å². The van der Waals surface area contributed by atoms with Gasteiger partial charge in [-0.1, -0.05) is 24.4 Å². The number of thioether (sulfide) groups is 1. The summed E-state index contributed by atoms with van der Waals surface area (Å²) in [5.74, 6) is 0.814. The van der Waals surface area contributed by atoms with E-state index < -0.39 is 0 Å². The fraction of sp³-hybridized carbons (Fsp3) is 0.667. The Hall–Kier alpha value is -1.01. The fourth-order valence-corrected chi connectivity index (χ4v) is 4.22. The van der Waals surface area contributed by atoms with Crippen LogP contribution in [0.3, 0.4) is 0 Å². The third-order valence-electron chi connectivity index (χ3n) is 4.11. The van der Waals surface area contributed by atoms with Crippen LogP contribution in [0.1, 0.15) is 32.1 Å². The van der Waals surface area contributed by atoms with Gasteiger partial charge in [-0.05, 0) is 12.8 Å². The number of hydrogen-bond acceptors (Lipinski definition) is 5. The zero-order valence-corrected chi connectivity index (χ0v) is 14.0. The second-order valence-electron chi connectivity index (χ2n) is 5.77. The minimum Gasteiger partial charge on any atom is -0.458 e. The Kier molecular flexibility index (Phi) is 5.41. The first kappa shape index (κ1) is 15.9. The van der Waals surface area contributed by atoms with Crippen LogP contribution in [0.2, 0.25) is 5.02 Å². The molecule has 3 rings (SSSR count). The molecular formula is C15H20ClN3O2S. The van der Waals surface area contributed by atoms with E-state index in [0.29, 0.717) is 28.6 Å². The Balaban J connectivity index is 1.42. The van der Waals surface area contributed by atoms with Crippen LogP contribution in [-0.4, -0.2) is 51.0 Å². The zero-order chi connectivity index (χ0) is 15.4. The van der Waals surface area contributed by atoms with Crippen molar-refractivity contribution >= 4 is 29.3 Å². The van der Waals surface area contributed by atoms with E-state index in [4.69, 9.17) is 16.3 Å². The number of carbonyl (C=O) groups is 1. The van der Waals surface area contributed by atoms with Crippen molar-refractivity contribution in [3.8, 4) is 6.01 Å². The maximum Gasteiger partial charge on any atom is 0.316 e. The second kappa shape index (κ2) is 7.51. The molecule has 0 bridgehead atoms. The molecular weight excluding hydrogens is 322 g/mol. The lowest BCUT2D eigenvalue weighted by Crippen LogP contribution is -2.32. The number of aromatic nitrogens is 2. The summed E-state index contributed by atoms with van der Waals surface area (Å²) in [6, 6.07) is 0.323. The fourth-order valence-electron chi connectivity index (χ4n) is 2.90. The second-order valence-corrected chi connectivity index (χ2v) is 7.49. The Morgan fingerprint density at radius 1 is 1.32 bits per heavy atom. The molecule has 22 heavy (non-hydrogen) atoms. The molecule has 2 fully saturated rings. The number of hydrogen-bond donors (Lipinski definition) is 0. The molecule has 2 heterocycles. The predicted molar refractivity (Wildman–Crippen MR) is 87.4 cm³/mol. The van der Waals surface area contributed by atoms with Crippen molar-refractivity contribution in [1.29, 1.82) is 0 Å². The van der Waals surface area contributed by atoms with Gasteiger partial charge in [0.25, 0.3) is 0 Å². The molecule has 1 aromatic rings. The summed E-state index contributed by atoms with van der Waals surface area (Å²) in [5.41, 5.74) is 0. The van der Waals surface area contributed by atoms with Crippen molar-refractivity contribution < 1.29 is 9.53 Å². The third-order valence-corrected chi connectivity index (χ3v) is 5.66. The summed E-state index contributed by atoms with van der Waals surface area (Å²) in [4.78, 5) is 22.2. The molecule has 0 radical (unpaired) electrons. The average molecular weight is 342 g/mol. The summed E-state index contributed by atoms with van der Waals surface area (Å²) < 4.78 is 5.71. The van der Waals surface area contributed by atoms with Gasteiger partial charge < -0.3 is 9.64 Å². The highest BCUT2D eigenvalue weighted by Crippen LogP contribution is 2.29. The van der Waals surface area contributed by atoms with Crippen LogP contribution in [-0.2, 0) is 4.79 Å². The van der Waals surface area contributed by atoms with Gasteiger partial charge >= 0.3 is 6.01 Å². The minimum absolute atomic E-state index is 0.0263. The predicted octanol–water partition coefficient (Wildman–Crippen LogP) is 2.79. The lowest BCUT2D eigenvalue weighted by Gasteiger charge is -2.17. The lowest BCUT2D eigenvalue weighted by atomic mass is 10.3. The van der Waals surface area contributed by atoms with Gasteiger partial charge in [0.15, 0.2) is 0 Å². The van der Waals surface area contributed by atoms with E-state index in [2.05, 4.69) is 9.97 Å². The topological polar surface area (TPSA) is 55.3 Å². The van der Waals surface area contributed by atoms with Crippen molar-refractivity contribution in [1.82, 2.24) is 14.9 Å². The lowest BCUT2D eigenvalue weighted by molar-refractivity contribution is -0.127. The molecule has 0 unspecified atom stereocenters. The number of carbonyl (C=O) groups excluding carboxylic acids is 1. The molecule has 0 aromatic carbocycles. The third kappa shape index (κ3) is 4.26. The number of likely N-dealkylation sites (tertiary alicyclic amines) is 1. The van der Waals surface area contributed by atoms with Crippen LogP contribution >= 0.6 is 23.4 Å². The normalized spacial score (nSPS) is 22.2. The van der Waals surface area contributed by atoms with Gasteiger partial charge in [-0.25, -0.2) is 9.97 Å². The molecule has 1 saturated carbocycles. The summed E-state index contributed by atoms with van der Waals surface area (Å²) in [6.07, 6.45) is 8.97. The van der Waals surface area contributed by atoms with Crippen molar-refractivity contribution in [3.05, 3.63) is 17.4 Å². The van der Waals surface area contributed by atoms with Crippen molar-refractivity contribution in [2.75, 3.05) is 18.8 Å². The molecule has 1 aliphatic carbocycles. The number of rotatable bonds is 5. The van der Waals surface area contributed by atoms with Crippen molar-refractivity contribution in [2.24, 2.45) is 0 Å². The maximum atomic E-state index is 12.2. The molecule has 1 aromatic heterocycles. The quantitative estimate of drug-likeness (QED) is 0.824. The molecule has 7 heteroatoms. The number of amides is 1.